The monoisotopic (exact) mass is 261 g/mol. The van der Waals surface area contributed by atoms with Crippen molar-refractivity contribution in [2.45, 2.75) is 13.8 Å². The van der Waals surface area contributed by atoms with E-state index in [2.05, 4.69) is 5.10 Å². The van der Waals surface area contributed by atoms with E-state index in [4.69, 9.17) is 22.7 Å². The van der Waals surface area contributed by atoms with E-state index in [1.165, 1.54) is 0 Å². The van der Waals surface area contributed by atoms with E-state index in [1.807, 2.05) is 45.2 Å². The van der Waals surface area contributed by atoms with Gasteiger partial charge in [-0.15, -0.1) is 0 Å². The number of aromatic nitrogens is 2. The molecule has 0 atom stereocenters. The van der Waals surface area contributed by atoms with Crippen molar-refractivity contribution in [1.29, 1.82) is 0 Å². The predicted octanol–water partition coefficient (Wildman–Crippen LogP) is 2.46. The van der Waals surface area contributed by atoms with Gasteiger partial charge < -0.3 is 10.5 Å². The largest absolute Gasteiger partial charge is 0.453 e. The van der Waals surface area contributed by atoms with Gasteiger partial charge in [-0.1, -0.05) is 12.2 Å². The minimum absolute atomic E-state index is 0.385. The van der Waals surface area contributed by atoms with E-state index in [1.54, 1.807) is 4.68 Å². The number of hydrogen-bond donors (Lipinski definition) is 1. The molecule has 18 heavy (non-hydrogen) atoms. The molecule has 2 rings (SSSR count). The van der Waals surface area contributed by atoms with Gasteiger partial charge in [-0.25, -0.2) is 0 Å². The Bertz CT molecular complexity index is 587. The molecular weight excluding hydrogens is 246 g/mol. The summed E-state index contributed by atoms with van der Waals surface area (Å²) >= 11 is 4.90. The van der Waals surface area contributed by atoms with Crippen molar-refractivity contribution in [3.05, 3.63) is 41.2 Å². The number of thiocarbonyl (C=S) groups is 1. The topological polar surface area (TPSA) is 53.1 Å². The maximum Gasteiger partial charge on any atom is 0.171 e. The van der Waals surface area contributed by atoms with Crippen LogP contribution < -0.4 is 10.5 Å². The molecule has 0 bridgehead atoms. The first-order valence-electron chi connectivity index (χ1n) is 5.57. The van der Waals surface area contributed by atoms with Crippen LogP contribution in [-0.4, -0.2) is 14.8 Å². The zero-order valence-corrected chi connectivity index (χ0v) is 11.4. The molecule has 2 aromatic rings. The number of hydrogen-bond acceptors (Lipinski definition) is 3. The van der Waals surface area contributed by atoms with Crippen LogP contribution in [0.3, 0.4) is 0 Å². The summed E-state index contributed by atoms with van der Waals surface area (Å²) < 4.78 is 7.63. The molecule has 4 nitrogen and oxygen atoms in total. The fourth-order valence-corrected chi connectivity index (χ4v) is 1.84. The lowest BCUT2D eigenvalue weighted by Crippen LogP contribution is -2.08. The Hall–Kier alpha value is -1.88. The maximum atomic E-state index is 5.83. The lowest BCUT2D eigenvalue weighted by molar-refractivity contribution is 0.474. The summed E-state index contributed by atoms with van der Waals surface area (Å²) in [6.07, 6.45) is 0. The third-order valence-corrected chi connectivity index (χ3v) is 3.04. The lowest BCUT2D eigenvalue weighted by atomic mass is 10.2. The van der Waals surface area contributed by atoms with E-state index in [-0.39, 0.29) is 0 Å². The number of rotatable bonds is 3. The number of nitrogens with two attached hydrogens (primary N) is 1. The molecule has 0 amide bonds. The van der Waals surface area contributed by atoms with Crippen LogP contribution in [0.2, 0.25) is 0 Å². The first-order valence-corrected chi connectivity index (χ1v) is 5.98. The quantitative estimate of drug-likeness (QED) is 0.862. The molecule has 0 saturated carbocycles. The highest BCUT2D eigenvalue weighted by Crippen LogP contribution is 2.27. The number of aryl methyl sites for hydroxylation is 2. The fourth-order valence-electron chi connectivity index (χ4n) is 1.71. The highest BCUT2D eigenvalue weighted by molar-refractivity contribution is 7.80. The van der Waals surface area contributed by atoms with Gasteiger partial charge >= 0.3 is 0 Å². The smallest absolute Gasteiger partial charge is 0.171 e. The van der Waals surface area contributed by atoms with Crippen molar-refractivity contribution in [3.63, 3.8) is 0 Å². The fraction of sp³-hybridized carbons (Fsp3) is 0.231. The average Bonchev–Trinajstić information content (AvgIpc) is 2.57. The van der Waals surface area contributed by atoms with E-state index in [9.17, 15) is 0 Å². The molecule has 1 aromatic heterocycles. The molecule has 94 valence electrons. The van der Waals surface area contributed by atoms with Gasteiger partial charge in [0.1, 0.15) is 16.4 Å². The Morgan fingerprint density at radius 1 is 1.28 bits per heavy atom. The highest BCUT2D eigenvalue weighted by Gasteiger charge is 2.11. The molecule has 2 N–H and O–H groups in total. The van der Waals surface area contributed by atoms with E-state index in [0.29, 0.717) is 4.99 Å². The second-order valence-electron chi connectivity index (χ2n) is 4.11. The van der Waals surface area contributed by atoms with Gasteiger partial charge in [-0.05, 0) is 38.1 Å². The standard InChI is InChI=1S/C13H15N3OS/c1-8-12(9(2)16(3)15-8)17-11-6-4-10(5-7-11)13(14)18/h4-7H,1-3H3,(H2,14,18). The molecule has 0 aliphatic heterocycles. The average molecular weight is 261 g/mol. The van der Waals surface area contributed by atoms with Gasteiger partial charge in [0.15, 0.2) is 5.75 Å². The summed E-state index contributed by atoms with van der Waals surface area (Å²) in [5, 5.41) is 4.30. The number of benzene rings is 1. The summed E-state index contributed by atoms with van der Waals surface area (Å²) in [6.45, 7) is 3.89. The summed E-state index contributed by atoms with van der Waals surface area (Å²) in [5.74, 6) is 1.54. The molecule has 1 heterocycles. The molecule has 0 spiro atoms. The third kappa shape index (κ3) is 2.36. The molecule has 5 heteroatoms. The van der Waals surface area contributed by atoms with Crippen LogP contribution in [0.15, 0.2) is 24.3 Å². The number of nitrogens with zero attached hydrogens (tertiary/aromatic N) is 2. The Kier molecular flexibility index (Phi) is 3.34. The van der Waals surface area contributed by atoms with Crippen molar-refractivity contribution in [3.8, 4) is 11.5 Å². The van der Waals surface area contributed by atoms with Crippen LogP contribution in [0.25, 0.3) is 0 Å². The lowest BCUT2D eigenvalue weighted by Gasteiger charge is -2.06. The van der Waals surface area contributed by atoms with Crippen molar-refractivity contribution >= 4 is 17.2 Å². The Morgan fingerprint density at radius 2 is 1.89 bits per heavy atom. The van der Waals surface area contributed by atoms with Gasteiger partial charge in [0.25, 0.3) is 0 Å². The summed E-state index contributed by atoms with van der Waals surface area (Å²) in [6, 6.07) is 7.39. The van der Waals surface area contributed by atoms with E-state index >= 15 is 0 Å². The second-order valence-corrected chi connectivity index (χ2v) is 4.55. The molecule has 0 aliphatic carbocycles. The molecule has 0 unspecified atom stereocenters. The van der Waals surface area contributed by atoms with Crippen molar-refractivity contribution in [2.75, 3.05) is 0 Å². The second kappa shape index (κ2) is 4.78. The van der Waals surface area contributed by atoms with Crippen LogP contribution in [-0.2, 0) is 7.05 Å². The molecule has 0 fully saturated rings. The highest BCUT2D eigenvalue weighted by atomic mass is 32.1. The Balaban J connectivity index is 2.26. The molecule has 1 aromatic carbocycles. The summed E-state index contributed by atoms with van der Waals surface area (Å²) in [7, 11) is 1.89. The summed E-state index contributed by atoms with van der Waals surface area (Å²) in [5.41, 5.74) is 8.24. The minimum Gasteiger partial charge on any atom is -0.453 e. The SMILES string of the molecule is Cc1nn(C)c(C)c1Oc1ccc(C(N)=S)cc1. The van der Waals surface area contributed by atoms with Gasteiger partial charge in [0.2, 0.25) is 0 Å². The first-order chi connectivity index (χ1) is 8.49. The Labute approximate surface area is 111 Å². The van der Waals surface area contributed by atoms with E-state index < -0.39 is 0 Å². The minimum atomic E-state index is 0.385. The normalized spacial score (nSPS) is 10.4. The van der Waals surface area contributed by atoms with E-state index in [0.717, 1.165) is 28.5 Å². The van der Waals surface area contributed by atoms with Crippen molar-refractivity contribution in [2.24, 2.45) is 12.8 Å². The molecule has 0 radical (unpaired) electrons. The molecule has 0 saturated heterocycles. The Morgan fingerprint density at radius 3 is 2.33 bits per heavy atom. The van der Waals surface area contributed by atoms with Crippen molar-refractivity contribution < 1.29 is 4.74 Å². The number of ether oxygens (including phenoxy) is 1. The summed E-state index contributed by atoms with van der Waals surface area (Å²) in [4.78, 5) is 0.385. The van der Waals surface area contributed by atoms with Crippen molar-refractivity contribution in [1.82, 2.24) is 9.78 Å². The van der Waals surface area contributed by atoms with Crippen LogP contribution in [0.5, 0.6) is 11.5 Å². The van der Waals surface area contributed by atoms with Crippen LogP contribution in [0, 0.1) is 13.8 Å². The zero-order chi connectivity index (χ0) is 13.3. The van der Waals surface area contributed by atoms with Crippen LogP contribution in [0.1, 0.15) is 17.0 Å². The molecular formula is C13H15N3OS. The zero-order valence-electron chi connectivity index (χ0n) is 10.6. The first kappa shape index (κ1) is 12.6. The van der Waals surface area contributed by atoms with Gasteiger partial charge in [-0.2, -0.15) is 5.10 Å². The van der Waals surface area contributed by atoms with Crippen LogP contribution >= 0.6 is 12.2 Å². The molecule has 0 aliphatic rings. The van der Waals surface area contributed by atoms with Gasteiger partial charge in [0, 0.05) is 12.6 Å². The third-order valence-electron chi connectivity index (χ3n) is 2.80. The van der Waals surface area contributed by atoms with Gasteiger partial charge in [-0.3, -0.25) is 4.68 Å². The predicted molar refractivity (Wildman–Crippen MR) is 75.1 cm³/mol. The van der Waals surface area contributed by atoms with Crippen LogP contribution in [0.4, 0.5) is 0 Å². The maximum absolute atomic E-state index is 5.83. The van der Waals surface area contributed by atoms with Gasteiger partial charge in [0.05, 0.1) is 5.69 Å².